The van der Waals surface area contributed by atoms with Crippen LogP contribution in [-0.2, 0) is 11.2 Å². The van der Waals surface area contributed by atoms with Crippen molar-refractivity contribution in [3.63, 3.8) is 0 Å². The molecule has 0 saturated heterocycles. The van der Waals surface area contributed by atoms with Crippen LogP contribution in [0.15, 0.2) is 54.0 Å². The van der Waals surface area contributed by atoms with E-state index in [0.29, 0.717) is 12.6 Å². The number of allylic oxidation sites excluding steroid dienone is 3. The molecule has 0 aliphatic heterocycles. The number of nitrogens with one attached hydrogen (secondary N) is 1. The van der Waals surface area contributed by atoms with Crippen LogP contribution in [0.5, 0.6) is 0 Å². The highest BCUT2D eigenvalue weighted by Crippen LogP contribution is 2.04. The van der Waals surface area contributed by atoms with Gasteiger partial charge < -0.3 is 11.1 Å². The van der Waals surface area contributed by atoms with Crippen molar-refractivity contribution in [1.29, 1.82) is 5.41 Å². The molecule has 1 aromatic rings. The third kappa shape index (κ3) is 4.74. The molecule has 4 heteroatoms. The molecule has 0 unspecified atom stereocenters. The lowest BCUT2D eigenvalue weighted by Crippen LogP contribution is -2.01. The molecule has 0 bridgehead atoms. The summed E-state index contributed by atoms with van der Waals surface area (Å²) in [6, 6.07) is 9.36. The number of rotatable bonds is 6. The van der Waals surface area contributed by atoms with Crippen molar-refractivity contribution < 1.29 is 9.18 Å². The Bertz CT molecular complexity index is 478. The van der Waals surface area contributed by atoms with Crippen LogP contribution in [0, 0.1) is 5.41 Å². The molecule has 94 valence electrons. The molecule has 3 N–H and O–H groups in total. The van der Waals surface area contributed by atoms with Gasteiger partial charge in [0.05, 0.1) is 6.21 Å². The first kappa shape index (κ1) is 13.8. The van der Waals surface area contributed by atoms with Crippen LogP contribution in [0.25, 0.3) is 0 Å². The largest absolute Gasteiger partial charge is 0.399 e. The molecule has 0 aliphatic rings. The van der Waals surface area contributed by atoms with Gasteiger partial charge in [0.15, 0.2) is 11.6 Å². The lowest BCUT2D eigenvalue weighted by atomic mass is 10.1. The van der Waals surface area contributed by atoms with E-state index in [2.05, 4.69) is 0 Å². The van der Waals surface area contributed by atoms with Gasteiger partial charge in [0.25, 0.3) is 0 Å². The average Bonchev–Trinajstić information content (AvgIpc) is 2.38. The fraction of sp³-hybridized carbons (Fsp3) is 0.143. The van der Waals surface area contributed by atoms with Crippen LogP contribution in [-0.4, -0.2) is 12.0 Å². The highest BCUT2D eigenvalue weighted by molar-refractivity contribution is 5.91. The third-order valence-electron chi connectivity index (χ3n) is 2.30. The number of hydrogen-bond acceptors (Lipinski definition) is 3. The fourth-order valence-electron chi connectivity index (χ4n) is 1.36. The Morgan fingerprint density at radius 2 is 2.00 bits per heavy atom. The Labute approximate surface area is 105 Å². The van der Waals surface area contributed by atoms with Gasteiger partial charge in [-0.2, -0.15) is 0 Å². The van der Waals surface area contributed by atoms with Crippen LogP contribution in [0.1, 0.15) is 12.0 Å². The van der Waals surface area contributed by atoms with Gasteiger partial charge in [0.1, 0.15) is 0 Å². The second kappa shape index (κ2) is 7.17. The van der Waals surface area contributed by atoms with Gasteiger partial charge in [-0.15, -0.1) is 0 Å². The summed E-state index contributed by atoms with van der Waals surface area (Å²) in [5.41, 5.74) is 6.24. The molecule has 0 fully saturated rings. The molecule has 3 nitrogen and oxygen atoms in total. The Morgan fingerprint density at radius 3 is 2.61 bits per heavy atom. The first-order valence-corrected chi connectivity index (χ1v) is 5.51. The summed E-state index contributed by atoms with van der Waals surface area (Å²) in [5.74, 6) is -0.834. The van der Waals surface area contributed by atoms with Gasteiger partial charge in [-0.05, 0) is 11.6 Å². The zero-order valence-corrected chi connectivity index (χ0v) is 9.90. The van der Waals surface area contributed by atoms with Crippen LogP contribution >= 0.6 is 0 Å². The molecule has 1 rings (SSSR count). The molecule has 1 aromatic carbocycles. The summed E-state index contributed by atoms with van der Waals surface area (Å²) in [5, 5.41) is 6.68. The Kier molecular flexibility index (Phi) is 5.51. The van der Waals surface area contributed by atoms with E-state index in [9.17, 15) is 9.18 Å². The minimum absolute atomic E-state index is 0.0474. The van der Waals surface area contributed by atoms with Gasteiger partial charge in [0.2, 0.25) is 0 Å². The van der Waals surface area contributed by atoms with Gasteiger partial charge >= 0.3 is 0 Å². The van der Waals surface area contributed by atoms with E-state index < -0.39 is 5.83 Å². The van der Waals surface area contributed by atoms with Crippen LogP contribution < -0.4 is 5.73 Å². The van der Waals surface area contributed by atoms with Gasteiger partial charge in [-0.1, -0.05) is 36.4 Å². The minimum Gasteiger partial charge on any atom is -0.399 e. The molecule has 0 amide bonds. The first-order chi connectivity index (χ1) is 8.63. The molecule has 18 heavy (non-hydrogen) atoms. The van der Waals surface area contributed by atoms with Crippen molar-refractivity contribution in [1.82, 2.24) is 0 Å². The Balaban J connectivity index is 2.49. The molecule has 0 aromatic heterocycles. The number of halogens is 1. The summed E-state index contributed by atoms with van der Waals surface area (Å²) in [7, 11) is 0. The monoisotopic (exact) mass is 246 g/mol. The SMILES string of the molecule is N=CC(F)=C(N)C/C=C/C(=O)Cc1ccccc1. The molecule has 0 aliphatic carbocycles. The van der Waals surface area contributed by atoms with E-state index in [1.807, 2.05) is 30.3 Å². The molecule has 0 radical (unpaired) electrons. The van der Waals surface area contributed by atoms with E-state index >= 15 is 0 Å². The lowest BCUT2D eigenvalue weighted by Gasteiger charge is -1.97. The number of benzene rings is 1. The highest BCUT2D eigenvalue weighted by atomic mass is 19.1. The highest BCUT2D eigenvalue weighted by Gasteiger charge is 2.00. The van der Waals surface area contributed by atoms with Gasteiger partial charge in [-0.25, -0.2) is 4.39 Å². The standard InChI is InChI=1S/C14H15FN2O/c15-13(10-16)14(17)8-4-7-12(18)9-11-5-2-1-3-6-11/h1-7,10,16H,8-9,17H2/b7-4+,14-13?,16-10?. The number of nitrogens with two attached hydrogens (primary N) is 1. The summed E-state index contributed by atoms with van der Waals surface area (Å²) in [4.78, 5) is 11.6. The van der Waals surface area contributed by atoms with Gasteiger partial charge in [-0.3, -0.25) is 4.79 Å². The maximum absolute atomic E-state index is 12.8. The second-order valence-corrected chi connectivity index (χ2v) is 3.75. The molecule has 0 saturated carbocycles. The Hall–Kier alpha value is -2.23. The second-order valence-electron chi connectivity index (χ2n) is 3.75. The number of carbonyl (C=O) groups excluding carboxylic acids is 1. The summed E-state index contributed by atoms with van der Waals surface area (Å²) in [6.45, 7) is 0. The molecule has 0 atom stereocenters. The molecular formula is C14H15FN2O. The summed E-state index contributed by atoms with van der Waals surface area (Å²) < 4.78 is 12.8. The molecule has 0 heterocycles. The average molecular weight is 246 g/mol. The van der Waals surface area contributed by atoms with Crippen molar-refractivity contribution in [2.24, 2.45) is 5.73 Å². The van der Waals surface area contributed by atoms with Crippen molar-refractivity contribution in [3.8, 4) is 0 Å². The Morgan fingerprint density at radius 1 is 1.33 bits per heavy atom. The van der Waals surface area contributed by atoms with E-state index in [1.54, 1.807) is 0 Å². The first-order valence-electron chi connectivity index (χ1n) is 5.51. The minimum atomic E-state index is -0.768. The summed E-state index contributed by atoms with van der Waals surface area (Å²) in [6.07, 6.45) is 3.88. The van der Waals surface area contributed by atoms with Gasteiger partial charge in [0, 0.05) is 18.5 Å². The zero-order chi connectivity index (χ0) is 13.4. The normalized spacial score (nSPS) is 12.3. The van der Waals surface area contributed by atoms with E-state index in [4.69, 9.17) is 11.1 Å². The van der Waals surface area contributed by atoms with E-state index in [1.165, 1.54) is 12.2 Å². The maximum Gasteiger partial charge on any atom is 0.159 e. The van der Waals surface area contributed by atoms with Crippen molar-refractivity contribution >= 4 is 12.0 Å². The van der Waals surface area contributed by atoms with Crippen LogP contribution in [0.3, 0.4) is 0 Å². The van der Waals surface area contributed by atoms with Crippen LogP contribution in [0.2, 0.25) is 0 Å². The van der Waals surface area contributed by atoms with E-state index in [0.717, 1.165) is 5.56 Å². The van der Waals surface area contributed by atoms with E-state index in [-0.39, 0.29) is 17.9 Å². The number of hydrogen-bond donors (Lipinski definition) is 2. The maximum atomic E-state index is 12.8. The third-order valence-corrected chi connectivity index (χ3v) is 2.30. The number of carbonyl (C=O) groups is 1. The quantitative estimate of drug-likeness (QED) is 0.598. The topological polar surface area (TPSA) is 66.9 Å². The smallest absolute Gasteiger partial charge is 0.159 e. The zero-order valence-electron chi connectivity index (χ0n) is 9.90. The van der Waals surface area contributed by atoms with Crippen molar-refractivity contribution in [2.75, 3.05) is 0 Å². The predicted molar refractivity (Wildman–Crippen MR) is 70.0 cm³/mol. The predicted octanol–water partition coefficient (Wildman–Crippen LogP) is 2.53. The van der Waals surface area contributed by atoms with Crippen molar-refractivity contribution in [3.05, 3.63) is 59.6 Å². The van der Waals surface area contributed by atoms with Crippen LogP contribution in [0.4, 0.5) is 4.39 Å². The fourth-order valence-corrected chi connectivity index (χ4v) is 1.36. The number of ketones is 1. The summed E-state index contributed by atoms with van der Waals surface area (Å²) >= 11 is 0. The van der Waals surface area contributed by atoms with Crippen molar-refractivity contribution in [2.45, 2.75) is 12.8 Å². The molecular weight excluding hydrogens is 231 g/mol. The molecule has 0 spiro atoms. The lowest BCUT2D eigenvalue weighted by molar-refractivity contribution is -0.114.